The first-order valence-corrected chi connectivity index (χ1v) is 6.28. The molecular formula is C17H14N2. The minimum atomic E-state index is 0.769. The minimum Gasteiger partial charge on any atom is -0.236 e. The van der Waals surface area contributed by atoms with E-state index in [4.69, 9.17) is 0 Å². The number of aromatic nitrogens is 2. The molecular weight excluding hydrogens is 232 g/mol. The van der Waals surface area contributed by atoms with Crippen LogP contribution < -0.4 is 0 Å². The van der Waals surface area contributed by atoms with Gasteiger partial charge < -0.3 is 0 Å². The van der Waals surface area contributed by atoms with Gasteiger partial charge in [0.1, 0.15) is 0 Å². The molecule has 0 fully saturated rings. The van der Waals surface area contributed by atoms with Crippen LogP contribution in [0.3, 0.4) is 0 Å². The highest BCUT2D eigenvalue weighted by Crippen LogP contribution is 2.29. The second kappa shape index (κ2) is 5.02. The predicted molar refractivity (Wildman–Crippen MR) is 77.6 cm³/mol. The number of rotatable bonds is 2. The first-order valence-electron chi connectivity index (χ1n) is 6.28. The Balaban J connectivity index is 2.15. The van der Waals surface area contributed by atoms with Gasteiger partial charge >= 0.3 is 0 Å². The van der Waals surface area contributed by atoms with Crippen molar-refractivity contribution in [3.63, 3.8) is 0 Å². The van der Waals surface area contributed by atoms with Gasteiger partial charge in [0.05, 0.1) is 0 Å². The SMILES string of the molecule is Cc1cnc(-c2ccccc2-c2ccccc2)nc1. The third-order valence-corrected chi connectivity index (χ3v) is 3.03. The molecule has 0 N–H and O–H groups in total. The molecule has 2 heteroatoms. The summed E-state index contributed by atoms with van der Waals surface area (Å²) in [6.45, 7) is 1.99. The lowest BCUT2D eigenvalue weighted by molar-refractivity contribution is 1.14. The van der Waals surface area contributed by atoms with Crippen molar-refractivity contribution in [2.45, 2.75) is 6.92 Å². The average molecular weight is 246 g/mol. The van der Waals surface area contributed by atoms with Crippen molar-refractivity contribution >= 4 is 0 Å². The van der Waals surface area contributed by atoms with Crippen molar-refractivity contribution in [1.29, 1.82) is 0 Å². The van der Waals surface area contributed by atoms with E-state index in [9.17, 15) is 0 Å². The summed E-state index contributed by atoms with van der Waals surface area (Å²) in [7, 11) is 0. The number of hydrogen-bond acceptors (Lipinski definition) is 2. The van der Waals surface area contributed by atoms with E-state index < -0.39 is 0 Å². The normalized spacial score (nSPS) is 10.4. The van der Waals surface area contributed by atoms with Crippen molar-refractivity contribution in [2.75, 3.05) is 0 Å². The molecule has 0 aliphatic rings. The monoisotopic (exact) mass is 246 g/mol. The van der Waals surface area contributed by atoms with Crippen LogP contribution in [-0.2, 0) is 0 Å². The third-order valence-electron chi connectivity index (χ3n) is 3.03. The molecule has 0 aliphatic heterocycles. The smallest absolute Gasteiger partial charge is 0.159 e. The fourth-order valence-corrected chi connectivity index (χ4v) is 2.08. The molecule has 0 saturated heterocycles. The fraction of sp³-hybridized carbons (Fsp3) is 0.0588. The molecule has 1 aromatic heterocycles. The number of nitrogens with zero attached hydrogens (tertiary/aromatic N) is 2. The van der Waals surface area contributed by atoms with E-state index >= 15 is 0 Å². The van der Waals surface area contributed by atoms with Gasteiger partial charge in [-0.05, 0) is 23.6 Å². The van der Waals surface area contributed by atoms with Gasteiger partial charge in [0.15, 0.2) is 5.82 Å². The quantitative estimate of drug-likeness (QED) is 0.679. The molecule has 2 aromatic carbocycles. The Bertz CT molecular complexity index is 673. The number of benzene rings is 2. The van der Waals surface area contributed by atoms with Crippen LogP contribution in [0.5, 0.6) is 0 Å². The van der Waals surface area contributed by atoms with Gasteiger partial charge in [-0.25, -0.2) is 9.97 Å². The van der Waals surface area contributed by atoms with Crippen molar-refractivity contribution in [2.24, 2.45) is 0 Å². The van der Waals surface area contributed by atoms with E-state index in [1.165, 1.54) is 5.56 Å². The van der Waals surface area contributed by atoms with E-state index in [2.05, 4.69) is 34.2 Å². The average Bonchev–Trinajstić information content (AvgIpc) is 2.49. The third kappa shape index (κ3) is 2.38. The zero-order valence-electron chi connectivity index (χ0n) is 10.7. The van der Waals surface area contributed by atoms with Gasteiger partial charge in [0.25, 0.3) is 0 Å². The summed E-state index contributed by atoms with van der Waals surface area (Å²) in [5, 5.41) is 0. The fourth-order valence-electron chi connectivity index (χ4n) is 2.08. The first-order chi connectivity index (χ1) is 9.34. The van der Waals surface area contributed by atoms with Crippen molar-refractivity contribution in [3.05, 3.63) is 72.6 Å². The molecule has 2 nitrogen and oxygen atoms in total. The maximum Gasteiger partial charge on any atom is 0.159 e. The lowest BCUT2D eigenvalue weighted by Gasteiger charge is -2.08. The summed E-state index contributed by atoms with van der Waals surface area (Å²) in [4.78, 5) is 8.85. The Kier molecular flexibility index (Phi) is 3.07. The summed E-state index contributed by atoms with van der Waals surface area (Å²) >= 11 is 0. The van der Waals surface area contributed by atoms with Crippen LogP contribution in [0, 0.1) is 6.92 Å². The number of hydrogen-bond donors (Lipinski definition) is 0. The summed E-state index contributed by atoms with van der Waals surface area (Å²) in [6.07, 6.45) is 3.70. The second-order valence-electron chi connectivity index (χ2n) is 4.50. The molecule has 92 valence electrons. The first kappa shape index (κ1) is 11.6. The molecule has 0 unspecified atom stereocenters. The Labute approximate surface area is 112 Å². The molecule has 19 heavy (non-hydrogen) atoms. The molecule has 0 saturated carbocycles. The van der Waals surface area contributed by atoms with Gasteiger partial charge in [0, 0.05) is 18.0 Å². The molecule has 0 radical (unpaired) electrons. The Morgan fingerprint density at radius 1 is 0.684 bits per heavy atom. The molecule has 0 bridgehead atoms. The van der Waals surface area contributed by atoms with Gasteiger partial charge in [-0.15, -0.1) is 0 Å². The molecule has 3 aromatic rings. The maximum atomic E-state index is 4.42. The zero-order chi connectivity index (χ0) is 13.1. The van der Waals surface area contributed by atoms with E-state index in [0.29, 0.717) is 0 Å². The molecule has 3 rings (SSSR count). The summed E-state index contributed by atoms with van der Waals surface area (Å²) in [5.41, 5.74) is 4.48. The highest BCUT2D eigenvalue weighted by atomic mass is 14.9. The van der Waals surface area contributed by atoms with Gasteiger partial charge in [-0.1, -0.05) is 54.6 Å². The number of aryl methyl sites for hydroxylation is 1. The Morgan fingerprint density at radius 2 is 1.26 bits per heavy atom. The molecule has 0 amide bonds. The largest absolute Gasteiger partial charge is 0.236 e. The highest BCUT2D eigenvalue weighted by molar-refractivity contribution is 5.80. The lowest BCUT2D eigenvalue weighted by Crippen LogP contribution is -1.91. The Hall–Kier alpha value is -2.48. The van der Waals surface area contributed by atoms with E-state index in [1.807, 2.05) is 49.6 Å². The van der Waals surface area contributed by atoms with E-state index in [0.717, 1.165) is 22.5 Å². The van der Waals surface area contributed by atoms with Crippen LogP contribution in [0.4, 0.5) is 0 Å². The van der Waals surface area contributed by atoms with Crippen LogP contribution in [0.1, 0.15) is 5.56 Å². The van der Waals surface area contributed by atoms with Gasteiger partial charge in [-0.2, -0.15) is 0 Å². The molecule has 0 atom stereocenters. The van der Waals surface area contributed by atoms with Crippen LogP contribution in [0.2, 0.25) is 0 Å². The Morgan fingerprint density at radius 3 is 1.95 bits per heavy atom. The van der Waals surface area contributed by atoms with E-state index in [1.54, 1.807) is 0 Å². The molecule has 1 heterocycles. The highest BCUT2D eigenvalue weighted by Gasteiger charge is 2.08. The summed E-state index contributed by atoms with van der Waals surface area (Å²) in [6, 6.07) is 18.5. The van der Waals surface area contributed by atoms with E-state index in [-0.39, 0.29) is 0 Å². The minimum absolute atomic E-state index is 0.769. The predicted octanol–water partition coefficient (Wildman–Crippen LogP) is 4.12. The van der Waals surface area contributed by atoms with Gasteiger partial charge in [-0.3, -0.25) is 0 Å². The van der Waals surface area contributed by atoms with Crippen molar-refractivity contribution in [3.8, 4) is 22.5 Å². The van der Waals surface area contributed by atoms with Crippen LogP contribution in [0.25, 0.3) is 22.5 Å². The van der Waals surface area contributed by atoms with Crippen LogP contribution in [0.15, 0.2) is 67.0 Å². The van der Waals surface area contributed by atoms with Crippen molar-refractivity contribution < 1.29 is 0 Å². The maximum absolute atomic E-state index is 4.42. The van der Waals surface area contributed by atoms with Crippen LogP contribution in [-0.4, -0.2) is 9.97 Å². The van der Waals surface area contributed by atoms with Crippen LogP contribution >= 0.6 is 0 Å². The second-order valence-corrected chi connectivity index (χ2v) is 4.50. The zero-order valence-corrected chi connectivity index (χ0v) is 10.7. The van der Waals surface area contributed by atoms with Crippen molar-refractivity contribution in [1.82, 2.24) is 9.97 Å². The standard InChI is InChI=1S/C17H14N2/c1-13-11-18-17(19-12-13)16-10-6-5-9-15(16)14-7-3-2-4-8-14/h2-12H,1H3. The molecule has 0 aliphatic carbocycles. The summed E-state index contributed by atoms with van der Waals surface area (Å²) < 4.78 is 0. The topological polar surface area (TPSA) is 25.8 Å². The van der Waals surface area contributed by atoms with Gasteiger partial charge in [0.2, 0.25) is 0 Å². The lowest BCUT2D eigenvalue weighted by atomic mass is 9.99. The molecule has 0 spiro atoms. The summed E-state index contributed by atoms with van der Waals surface area (Å²) in [5.74, 6) is 0.769.